The molecule has 0 fully saturated rings. The molecular formula is C22H22BrN2O4S+. The predicted octanol–water partition coefficient (Wildman–Crippen LogP) is 3.08. The Kier molecular flexibility index (Phi) is 7.25. The van der Waals surface area contributed by atoms with Gasteiger partial charge in [-0.15, -0.1) is 0 Å². The molecule has 0 aromatic heterocycles. The van der Waals surface area contributed by atoms with Crippen molar-refractivity contribution in [3.63, 3.8) is 0 Å². The van der Waals surface area contributed by atoms with Gasteiger partial charge in [0.15, 0.2) is 6.54 Å². The lowest BCUT2D eigenvalue weighted by atomic mass is 9.97. The van der Waals surface area contributed by atoms with Crippen LogP contribution in [0.1, 0.15) is 17.2 Å². The fourth-order valence-electron chi connectivity index (χ4n) is 3.09. The van der Waals surface area contributed by atoms with E-state index in [2.05, 4.69) is 20.7 Å². The zero-order chi connectivity index (χ0) is 21.6. The molecule has 0 bridgehead atoms. The Balaban J connectivity index is 2.03. The average molecular weight is 490 g/mol. The van der Waals surface area contributed by atoms with E-state index in [9.17, 15) is 13.2 Å². The van der Waals surface area contributed by atoms with Crippen LogP contribution in [0.5, 0.6) is 0 Å². The molecule has 0 radical (unpaired) electrons. The van der Waals surface area contributed by atoms with Crippen molar-refractivity contribution in [3.8, 4) is 0 Å². The van der Waals surface area contributed by atoms with Gasteiger partial charge in [0.1, 0.15) is 6.04 Å². The monoisotopic (exact) mass is 489 g/mol. The summed E-state index contributed by atoms with van der Waals surface area (Å²) in [5.41, 5.74) is 2.09. The average Bonchev–Trinajstić information content (AvgIpc) is 2.76. The first-order valence-corrected chi connectivity index (χ1v) is 11.5. The Morgan fingerprint density at radius 1 is 1.03 bits per heavy atom. The summed E-state index contributed by atoms with van der Waals surface area (Å²) in [7, 11) is -2.43. The quantitative estimate of drug-likeness (QED) is 0.475. The van der Waals surface area contributed by atoms with Crippen molar-refractivity contribution in [3.05, 3.63) is 94.5 Å². The molecule has 3 N–H and O–H groups in total. The van der Waals surface area contributed by atoms with Gasteiger partial charge in [-0.05, 0) is 30.3 Å². The molecule has 1 atom stereocenters. The third kappa shape index (κ3) is 5.47. The topological polar surface area (TPSA) is 89.1 Å². The van der Waals surface area contributed by atoms with Crippen molar-refractivity contribution in [1.29, 1.82) is 0 Å². The summed E-state index contributed by atoms with van der Waals surface area (Å²) in [5, 5.41) is 1.82. The molecule has 3 aromatic rings. The largest absolute Gasteiger partial charge is 0.465 e. The number of anilines is 1. The van der Waals surface area contributed by atoms with E-state index < -0.39 is 10.0 Å². The molecule has 6 nitrogen and oxygen atoms in total. The lowest BCUT2D eigenvalue weighted by Crippen LogP contribution is -2.87. The van der Waals surface area contributed by atoms with Gasteiger partial charge in [0.05, 0.1) is 17.7 Å². The van der Waals surface area contributed by atoms with E-state index in [1.54, 1.807) is 42.5 Å². The van der Waals surface area contributed by atoms with E-state index in [4.69, 9.17) is 4.74 Å². The Hall–Kier alpha value is -2.68. The molecule has 0 saturated carbocycles. The van der Waals surface area contributed by atoms with Gasteiger partial charge in [0, 0.05) is 15.6 Å². The second-order valence-corrected chi connectivity index (χ2v) is 9.15. The number of rotatable bonds is 8. The minimum atomic E-state index is -3.77. The molecule has 0 aliphatic heterocycles. The van der Waals surface area contributed by atoms with Gasteiger partial charge in [0.2, 0.25) is 0 Å². The molecule has 0 aliphatic carbocycles. The summed E-state index contributed by atoms with van der Waals surface area (Å²) in [6, 6.07) is 22.8. The number of ether oxygens (including phenoxy) is 1. The normalized spacial score (nSPS) is 12.2. The molecule has 8 heteroatoms. The molecular weight excluding hydrogens is 468 g/mol. The van der Waals surface area contributed by atoms with Crippen LogP contribution in [0.15, 0.2) is 88.2 Å². The maximum Gasteiger partial charge on any atom is 0.361 e. The molecule has 3 rings (SSSR count). The zero-order valence-corrected chi connectivity index (χ0v) is 18.7. The Labute approximate surface area is 184 Å². The summed E-state index contributed by atoms with van der Waals surface area (Å²) >= 11 is 3.47. The molecule has 156 valence electrons. The standard InChI is InChI=1S/C22H21BrN2O4S/c1-29-21(26)15-24-22(16-8-4-2-5-9-16)19-14-17(23)12-13-20(19)25-30(27,28)18-10-6-3-7-11-18/h2-14,22,24-25H,15H2,1H3/p+1. The van der Waals surface area contributed by atoms with Crippen LogP contribution < -0.4 is 10.0 Å². The van der Waals surface area contributed by atoms with Gasteiger partial charge in [-0.25, -0.2) is 13.2 Å². The number of hydrogen-bond donors (Lipinski definition) is 2. The van der Waals surface area contributed by atoms with Crippen LogP contribution in [0.2, 0.25) is 0 Å². The van der Waals surface area contributed by atoms with Crippen molar-refractivity contribution < 1.29 is 23.3 Å². The lowest BCUT2D eigenvalue weighted by molar-refractivity contribution is -0.677. The summed E-state index contributed by atoms with van der Waals surface area (Å²) in [6.07, 6.45) is 0. The first kappa shape index (κ1) is 22.0. The number of hydrogen-bond acceptors (Lipinski definition) is 4. The second kappa shape index (κ2) is 9.88. The SMILES string of the molecule is COC(=O)C[NH2+]C(c1ccccc1)c1cc(Br)ccc1NS(=O)(=O)c1ccccc1. The predicted molar refractivity (Wildman–Crippen MR) is 118 cm³/mol. The number of esters is 1. The highest BCUT2D eigenvalue weighted by atomic mass is 79.9. The molecule has 0 spiro atoms. The molecule has 30 heavy (non-hydrogen) atoms. The van der Waals surface area contributed by atoms with Crippen LogP contribution in [0, 0.1) is 0 Å². The number of halogens is 1. The van der Waals surface area contributed by atoms with Crippen LogP contribution >= 0.6 is 15.9 Å². The van der Waals surface area contributed by atoms with E-state index in [-0.39, 0.29) is 23.5 Å². The zero-order valence-electron chi connectivity index (χ0n) is 16.3. The minimum Gasteiger partial charge on any atom is -0.465 e. The summed E-state index contributed by atoms with van der Waals surface area (Å²) in [6.45, 7) is 0.0907. The highest BCUT2D eigenvalue weighted by Crippen LogP contribution is 2.30. The van der Waals surface area contributed by atoms with E-state index >= 15 is 0 Å². The molecule has 0 saturated heterocycles. The molecule has 0 aliphatic rings. The third-order valence-corrected chi connectivity index (χ3v) is 6.43. The van der Waals surface area contributed by atoms with Gasteiger partial charge in [0.25, 0.3) is 10.0 Å². The number of nitrogens with one attached hydrogen (secondary N) is 1. The van der Waals surface area contributed by atoms with Crippen LogP contribution in [-0.4, -0.2) is 28.0 Å². The van der Waals surface area contributed by atoms with Gasteiger partial charge in [-0.3, -0.25) is 4.72 Å². The van der Waals surface area contributed by atoms with E-state index in [1.165, 1.54) is 7.11 Å². The van der Waals surface area contributed by atoms with Gasteiger partial charge < -0.3 is 10.1 Å². The highest BCUT2D eigenvalue weighted by Gasteiger charge is 2.25. The lowest BCUT2D eigenvalue weighted by Gasteiger charge is -2.20. The van der Waals surface area contributed by atoms with Crippen molar-refractivity contribution >= 4 is 37.6 Å². The molecule has 1 unspecified atom stereocenters. The maximum atomic E-state index is 12.9. The van der Waals surface area contributed by atoms with Crippen LogP contribution in [0.25, 0.3) is 0 Å². The van der Waals surface area contributed by atoms with Gasteiger partial charge >= 0.3 is 5.97 Å². The van der Waals surface area contributed by atoms with Gasteiger partial charge in [-0.1, -0.05) is 64.5 Å². The van der Waals surface area contributed by atoms with Crippen LogP contribution in [0.4, 0.5) is 5.69 Å². The fourth-order valence-corrected chi connectivity index (χ4v) is 4.58. The fraction of sp³-hybridized carbons (Fsp3) is 0.136. The summed E-state index contributed by atoms with van der Waals surface area (Å²) in [4.78, 5) is 11.9. The number of quaternary nitrogens is 1. The summed E-state index contributed by atoms with van der Waals surface area (Å²) in [5.74, 6) is -0.364. The van der Waals surface area contributed by atoms with E-state index in [0.717, 1.165) is 15.6 Å². The number of carbonyl (C=O) groups excluding carboxylic acids is 1. The Morgan fingerprint density at radius 3 is 2.30 bits per heavy atom. The number of nitrogens with two attached hydrogens (primary N) is 1. The van der Waals surface area contributed by atoms with E-state index in [0.29, 0.717) is 5.69 Å². The second-order valence-electron chi connectivity index (χ2n) is 6.55. The number of sulfonamides is 1. The van der Waals surface area contributed by atoms with Gasteiger partial charge in [-0.2, -0.15) is 0 Å². The Bertz CT molecular complexity index is 1110. The van der Waals surface area contributed by atoms with Crippen LogP contribution in [-0.2, 0) is 19.6 Å². The molecule has 0 heterocycles. The number of methoxy groups -OCH3 is 1. The maximum absolute atomic E-state index is 12.9. The summed E-state index contributed by atoms with van der Waals surface area (Å²) < 4.78 is 34.1. The van der Waals surface area contributed by atoms with Crippen molar-refractivity contribution in [2.45, 2.75) is 10.9 Å². The van der Waals surface area contributed by atoms with Crippen molar-refractivity contribution in [2.75, 3.05) is 18.4 Å². The molecule has 0 amide bonds. The minimum absolute atomic E-state index is 0.0907. The highest BCUT2D eigenvalue weighted by molar-refractivity contribution is 9.10. The number of benzene rings is 3. The number of carbonyl (C=O) groups is 1. The van der Waals surface area contributed by atoms with E-state index in [1.807, 2.05) is 41.7 Å². The van der Waals surface area contributed by atoms with Crippen molar-refractivity contribution in [2.24, 2.45) is 0 Å². The first-order valence-electron chi connectivity index (χ1n) is 9.23. The first-order chi connectivity index (χ1) is 14.4. The smallest absolute Gasteiger partial charge is 0.361 e. The third-order valence-electron chi connectivity index (χ3n) is 4.55. The van der Waals surface area contributed by atoms with Crippen LogP contribution in [0.3, 0.4) is 0 Å². The Morgan fingerprint density at radius 2 is 1.67 bits per heavy atom. The van der Waals surface area contributed by atoms with Crippen molar-refractivity contribution in [1.82, 2.24) is 0 Å². The molecule has 3 aromatic carbocycles.